The molecule has 2 heterocycles. The number of nitrogens with zero attached hydrogens (tertiary/aromatic N) is 2. The smallest absolute Gasteiger partial charge is 0.229 e. The summed E-state index contributed by atoms with van der Waals surface area (Å²) >= 11 is 0. The van der Waals surface area contributed by atoms with E-state index in [4.69, 9.17) is 5.73 Å². The third-order valence-electron chi connectivity index (χ3n) is 5.91. The van der Waals surface area contributed by atoms with Crippen molar-refractivity contribution in [2.45, 2.75) is 24.9 Å². The zero-order valence-electron chi connectivity index (χ0n) is 21.0. The van der Waals surface area contributed by atoms with Gasteiger partial charge in [0.05, 0.1) is 17.1 Å². The Balaban J connectivity index is 0.00000336. The number of nitrogens with one attached hydrogen (secondary N) is 4. The Morgan fingerprint density at radius 3 is 2.24 bits per heavy atom. The maximum absolute atomic E-state index is 11.5. The lowest BCUT2D eigenvalue weighted by atomic mass is 10.1. The summed E-state index contributed by atoms with van der Waals surface area (Å²) in [4.78, 5) is 8.82. The van der Waals surface area contributed by atoms with Gasteiger partial charge in [-0.25, -0.2) is 13.4 Å². The Hall–Kier alpha value is -3.86. The molecule has 0 spiro atoms. The van der Waals surface area contributed by atoms with Crippen LogP contribution in [-0.2, 0) is 22.0 Å². The zero-order valence-corrected chi connectivity index (χ0v) is 22.7. The molecule has 4 aromatic rings. The summed E-state index contributed by atoms with van der Waals surface area (Å²) in [7, 11) is -3.08. The normalized spacial score (nSPS) is 16.0. The first kappa shape index (κ1) is 27.2. The van der Waals surface area contributed by atoms with Crippen LogP contribution in [0.4, 0.5) is 34.5 Å². The van der Waals surface area contributed by atoms with E-state index >= 15 is 0 Å². The highest BCUT2D eigenvalue weighted by atomic mass is 35.5. The Labute approximate surface area is 228 Å². The van der Waals surface area contributed by atoms with Crippen LogP contribution in [0.2, 0.25) is 0 Å². The van der Waals surface area contributed by atoms with Crippen LogP contribution in [-0.4, -0.2) is 30.4 Å². The predicted octanol–water partition coefficient (Wildman–Crippen LogP) is 4.93. The van der Waals surface area contributed by atoms with E-state index in [9.17, 15) is 8.42 Å². The van der Waals surface area contributed by atoms with Crippen LogP contribution in [0, 0.1) is 6.92 Å². The lowest BCUT2D eigenvalue weighted by molar-refractivity contribution is 0.566. The van der Waals surface area contributed by atoms with E-state index in [0.29, 0.717) is 18.2 Å². The second kappa shape index (κ2) is 10.9. The summed E-state index contributed by atoms with van der Waals surface area (Å²) in [5, 5.41) is 13.3. The van der Waals surface area contributed by atoms with Gasteiger partial charge in [-0.1, -0.05) is 42.0 Å². The van der Waals surface area contributed by atoms with E-state index in [1.165, 1.54) is 11.8 Å². The highest BCUT2D eigenvalue weighted by Crippen LogP contribution is 2.36. The molecular weight excluding hydrogens is 522 g/mol. The maximum Gasteiger partial charge on any atom is 0.229 e. The van der Waals surface area contributed by atoms with Crippen molar-refractivity contribution in [2.75, 3.05) is 27.5 Å². The van der Waals surface area contributed by atoms with Crippen molar-refractivity contribution in [3.8, 4) is 0 Å². The Kier molecular flexibility index (Phi) is 7.77. The first-order valence-electron chi connectivity index (χ1n) is 11.8. The van der Waals surface area contributed by atoms with Gasteiger partial charge in [0.25, 0.3) is 0 Å². The third kappa shape index (κ3) is 6.91. The number of rotatable bonds is 8. The number of hydrogen-bond donors (Lipinski definition) is 5. The molecule has 198 valence electrons. The number of anilines is 6. The fourth-order valence-corrected chi connectivity index (χ4v) is 5.01. The number of hydrogen-bond acceptors (Lipinski definition) is 9. The van der Waals surface area contributed by atoms with Crippen LogP contribution in [0.1, 0.15) is 16.7 Å². The van der Waals surface area contributed by atoms with Gasteiger partial charge >= 0.3 is 0 Å². The summed E-state index contributed by atoms with van der Waals surface area (Å²) in [5.74, 6) is 0.265. The fourth-order valence-electron chi connectivity index (χ4n) is 4.22. The molecule has 1 atom stereocenters. The molecule has 9 nitrogen and oxygen atoms in total. The van der Waals surface area contributed by atoms with Crippen molar-refractivity contribution in [3.05, 3.63) is 95.7 Å². The van der Waals surface area contributed by atoms with Gasteiger partial charge in [-0.2, -0.15) is 4.98 Å². The van der Waals surface area contributed by atoms with Crippen molar-refractivity contribution in [3.63, 3.8) is 0 Å². The van der Waals surface area contributed by atoms with Crippen molar-refractivity contribution in [2.24, 2.45) is 5.73 Å². The van der Waals surface area contributed by atoms with Crippen LogP contribution in [0.5, 0.6) is 0 Å². The largest absolute Gasteiger partial charge is 0.349 e. The standard InChI is InChI=1S/C27H29N7O2S.ClH/c1-18-3-5-19(6-4-18)16-27(28)33-23-12-11-22(15-24(23)34-27)30-25-13-14-29-26(32-25)31-21-9-7-20(8-10-21)17-37(2,35)36;/h3-15,33-34H,16-17,28H2,1-2H3,(H2,29,30,31,32);1H. The van der Waals surface area contributed by atoms with E-state index in [1.54, 1.807) is 36.5 Å². The molecule has 0 radical (unpaired) electrons. The molecule has 0 saturated heterocycles. The Morgan fingerprint density at radius 2 is 1.53 bits per heavy atom. The molecule has 1 aliphatic heterocycles. The quantitative estimate of drug-likeness (QED) is 0.206. The first-order valence-corrected chi connectivity index (χ1v) is 13.9. The number of halogens is 1. The van der Waals surface area contributed by atoms with E-state index < -0.39 is 15.6 Å². The van der Waals surface area contributed by atoms with Crippen LogP contribution >= 0.6 is 12.4 Å². The van der Waals surface area contributed by atoms with Gasteiger partial charge in [-0.3, -0.25) is 5.73 Å². The molecule has 1 aliphatic rings. The van der Waals surface area contributed by atoms with Gasteiger partial charge in [-0.15, -0.1) is 12.4 Å². The Morgan fingerprint density at radius 1 is 0.868 bits per heavy atom. The predicted molar refractivity (Wildman–Crippen MR) is 156 cm³/mol. The molecular formula is C27H30ClN7O2S. The van der Waals surface area contributed by atoms with Crippen LogP contribution in [0.3, 0.4) is 0 Å². The second-order valence-corrected chi connectivity index (χ2v) is 11.6. The summed E-state index contributed by atoms with van der Waals surface area (Å²) < 4.78 is 23.0. The number of nitrogens with two attached hydrogens (primary N) is 1. The second-order valence-electron chi connectivity index (χ2n) is 9.43. The highest BCUT2D eigenvalue weighted by Gasteiger charge is 2.32. The van der Waals surface area contributed by atoms with Gasteiger partial charge in [0.15, 0.2) is 15.6 Å². The van der Waals surface area contributed by atoms with E-state index in [0.717, 1.165) is 33.9 Å². The fraction of sp³-hybridized carbons (Fsp3) is 0.185. The number of aromatic nitrogens is 2. The van der Waals surface area contributed by atoms with Crippen molar-refractivity contribution < 1.29 is 8.42 Å². The third-order valence-corrected chi connectivity index (χ3v) is 6.76. The molecule has 0 saturated carbocycles. The topological polar surface area (TPSA) is 134 Å². The van der Waals surface area contributed by atoms with Gasteiger partial charge in [0, 0.05) is 30.2 Å². The average Bonchev–Trinajstić information content (AvgIpc) is 3.16. The summed E-state index contributed by atoms with van der Waals surface area (Å²) in [5.41, 5.74) is 13.1. The molecule has 0 aliphatic carbocycles. The molecule has 5 rings (SSSR count). The molecule has 11 heteroatoms. The van der Waals surface area contributed by atoms with Gasteiger partial charge in [-0.05, 0) is 54.4 Å². The van der Waals surface area contributed by atoms with Gasteiger partial charge in [0.1, 0.15) is 5.82 Å². The average molecular weight is 552 g/mol. The lowest BCUT2D eigenvalue weighted by Gasteiger charge is -2.26. The number of fused-ring (bicyclic) bond motifs is 1. The van der Waals surface area contributed by atoms with Crippen molar-refractivity contribution in [1.29, 1.82) is 0 Å². The molecule has 38 heavy (non-hydrogen) atoms. The van der Waals surface area contributed by atoms with Crippen LogP contribution in [0.25, 0.3) is 0 Å². The summed E-state index contributed by atoms with van der Waals surface area (Å²) in [6, 6.07) is 23.2. The Bertz CT molecular complexity index is 1530. The minimum absolute atomic E-state index is 0. The molecule has 0 bridgehead atoms. The van der Waals surface area contributed by atoms with Crippen LogP contribution < -0.4 is 27.0 Å². The minimum atomic E-state index is -3.08. The monoisotopic (exact) mass is 551 g/mol. The van der Waals surface area contributed by atoms with Crippen LogP contribution in [0.15, 0.2) is 79.0 Å². The highest BCUT2D eigenvalue weighted by molar-refractivity contribution is 7.89. The SMILES string of the molecule is Cc1ccc(CC2(N)Nc3ccc(Nc4ccnc(Nc5ccc(CS(C)(=O)=O)cc5)n4)cc3N2)cc1.Cl. The van der Waals surface area contributed by atoms with E-state index in [1.807, 2.05) is 18.2 Å². The summed E-state index contributed by atoms with van der Waals surface area (Å²) in [6.45, 7) is 2.07. The summed E-state index contributed by atoms with van der Waals surface area (Å²) in [6.07, 6.45) is 3.51. The number of sulfone groups is 1. The molecule has 0 fully saturated rings. The molecule has 6 N–H and O–H groups in total. The van der Waals surface area contributed by atoms with E-state index in [2.05, 4.69) is 62.4 Å². The zero-order chi connectivity index (χ0) is 26.0. The van der Waals surface area contributed by atoms with Crippen molar-refractivity contribution in [1.82, 2.24) is 9.97 Å². The first-order chi connectivity index (χ1) is 17.6. The van der Waals surface area contributed by atoms with Gasteiger partial charge < -0.3 is 21.3 Å². The maximum atomic E-state index is 11.5. The lowest BCUT2D eigenvalue weighted by Crippen LogP contribution is -2.53. The number of aryl methyl sites for hydroxylation is 1. The number of benzene rings is 3. The van der Waals surface area contributed by atoms with E-state index in [-0.39, 0.29) is 18.2 Å². The van der Waals surface area contributed by atoms with Gasteiger partial charge in [0.2, 0.25) is 5.95 Å². The minimum Gasteiger partial charge on any atom is -0.349 e. The molecule has 1 unspecified atom stereocenters. The molecule has 3 aromatic carbocycles. The molecule has 1 aromatic heterocycles. The van der Waals surface area contributed by atoms with Crippen molar-refractivity contribution >= 4 is 56.8 Å². The molecule has 0 amide bonds.